The van der Waals surface area contributed by atoms with Crippen LogP contribution in [0.2, 0.25) is 0 Å². The van der Waals surface area contributed by atoms with E-state index in [4.69, 9.17) is 11.3 Å². The normalized spacial score (nSPS) is 36.6. The van der Waals surface area contributed by atoms with Gasteiger partial charge in [-0.05, 0) is 32.4 Å². The average molecular weight is 192 g/mol. The molecule has 0 aromatic rings. The van der Waals surface area contributed by atoms with Crippen molar-refractivity contribution in [2.24, 2.45) is 10.6 Å². The molecule has 2 bridgehead atoms. The van der Waals surface area contributed by atoms with Crippen LogP contribution in [0.4, 0.5) is 0 Å². The van der Waals surface area contributed by atoms with Crippen LogP contribution in [-0.4, -0.2) is 37.4 Å². The van der Waals surface area contributed by atoms with Crippen molar-refractivity contribution in [1.82, 2.24) is 4.90 Å². The first-order valence-electron chi connectivity index (χ1n) is 5.11. The van der Waals surface area contributed by atoms with E-state index in [0.717, 1.165) is 31.6 Å². The van der Waals surface area contributed by atoms with E-state index in [1.165, 1.54) is 13.0 Å². The number of oxime groups is 1. The number of rotatable bonds is 2. The van der Waals surface area contributed by atoms with E-state index in [0.29, 0.717) is 0 Å². The van der Waals surface area contributed by atoms with Crippen molar-refractivity contribution in [3.8, 4) is 12.3 Å². The molecule has 2 unspecified atom stereocenters. The van der Waals surface area contributed by atoms with Crippen molar-refractivity contribution in [3.63, 3.8) is 0 Å². The van der Waals surface area contributed by atoms with Gasteiger partial charge in [-0.1, -0.05) is 11.1 Å². The molecule has 3 heteroatoms. The molecule has 2 saturated heterocycles. The van der Waals surface area contributed by atoms with Crippen LogP contribution in [0.15, 0.2) is 5.16 Å². The van der Waals surface area contributed by atoms with Crippen LogP contribution in [0.1, 0.15) is 19.3 Å². The highest BCUT2D eigenvalue weighted by Gasteiger charge is 2.44. The molecular formula is C11H16N2O. The van der Waals surface area contributed by atoms with E-state index in [9.17, 15) is 0 Å². The van der Waals surface area contributed by atoms with Gasteiger partial charge >= 0.3 is 0 Å². The second-order valence-electron chi connectivity index (χ2n) is 4.18. The van der Waals surface area contributed by atoms with Gasteiger partial charge in [0.05, 0.1) is 0 Å². The molecule has 3 nitrogen and oxygen atoms in total. The first-order valence-corrected chi connectivity index (χ1v) is 5.11. The smallest absolute Gasteiger partial charge is 0.136 e. The van der Waals surface area contributed by atoms with E-state index in [2.05, 4.69) is 16.0 Å². The minimum Gasteiger partial charge on any atom is -0.398 e. The molecule has 0 aliphatic carbocycles. The van der Waals surface area contributed by atoms with Crippen molar-refractivity contribution in [1.29, 1.82) is 0 Å². The molecule has 76 valence electrons. The van der Waals surface area contributed by atoms with E-state index >= 15 is 0 Å². The molecule has 0 saturated carbocycles. The molecule has 0 aromatic carbocycles. The lowest BCUT2D eigenvalue weighted by Gasteiger charge is -2.32. The fraction of sp³-hybridized carbons (Fsp3) is 0.727. The van der Waals surface area contributed by atoms with Gasteiger partial charge in [0.15, 0.2) is 0 Å². The summed E-state index contributed by atoms with van der Waals surface area (Å²) in [4.78, 5) is 7.28. The molecule has 0 aromatic heterocycles. The molecule has 2 aliphatic rings. The molecule has 0 spiro atoms. The van der Waals surface area contributed by atoms with Crippen molar-refractivity contribution >= 4 is 5.71 Å². The summed E-state index contributed by atoms with van der Waals surface area (Å²) in [5.74, 6) is 2.69. The highest BCUT2D eigenvalue weighted by atomic mass is 16.6. The van der Waals surface area contributed by atoms with Gasteiger partial charge in [-0.25, -0.2) is 0 Å². The maximum Gasteiger partial charge on any atom is 0.136 e. The van der Waals surface area contributed by atoms with Crippen LogP contribution in [0.25, 0.3) is 0 Å². The Hall–Kier alpha value is -1.01. The Morgan fingerprint density at radius 1 is 1.50 bits per heavy atom. The fourth-order valence-electron chi connectivity index (χ4n) is 2.67. The monoisotopic (exact) mass is 192 g/mol. The molecule has 0 radical (unpaired) electrons. The molecule has 2 rings (SSSR count). The van der Waals surface area contributed by atoms with Gasteiger partial charge in [0.2, 0.25) is 0 Å². The van der Waals surface area contributed by atoms with Gasteiger partial charge in [0, 0.05) is 12.0 Å². The summed E-state index contributed by atoms with van der Waals surface area (Å²) in [5, 5.41) is 3.99. The Balaban J connectivity index is 2.23. The summed E-state index contributed by atoms with van der Waals surface area (Å²) in [7, 11) is 1.56. The number of terminal acetylenes is 1. The van der Waals surface area contributed by atoms with Crippen LogP contribution in [-0.2, 0) is 4.84 Å². The quantitative estimate of drug-likeness (QED) is 0.372. The highest BCUT2D eigenvalue weighted by Crippen LogP contribution is 2.40. The van der Waals surface area contributed by atoms with Crippen molar-refractivity contribution < 1.29 is 4.84 Å². The molecule has 2 aliphatic heterocycles. The topological polar surface area (TPSA) is 24.8 Å². The third-order valence-corrected chi connectivity index (χ3v) is 3.38. The van der Waals surface area contributed by atoms with E-state index in [1.54, 1.807) is 7.11 Å². The first-order chi connectivity index (χ1) is 6.80. The summed E-state index contributed by atoms with van der Waals surface area (Å²) in [6, 6.07) is 0. The molecule has 2 fully saturated rings. The summed E-state index contributed by atoms with van der Waals surface area (Å²) >= 11 is 0. The Labute approximate surface area is 85.1 Å². The minimum atomic E-state index is 0.128. The minimum absolute atomic E-state index is 0.128. The van der Waals surface area contributed by atoms with Crippen LogP contribution in [0, 0.1) is 17.8 Å². The lowest BCUT2D eigenvalue weighted by Crippen LogP contribution is -2.39. The summed E-state index contributed by atoms with van der Waals surface area (Å²) in [5.41, 5.74) is 0.936. The summed E-state index contributed by atoms with van der Waals surface area (Å²) < 4.78 is 0. The number of hydrogen-bond acceptors (Lipinski definition) is 3. The molecule has 0 N–H and O–H groups in total. The zero-order valence-electron chi connectivity index (χ0n) is 8.62. The van der Waals surface area contributed by atoms with Gasteiger partial charge in [-0.3, -0.25) is 0 Å². The van der Waals surface area contributed by atoms with Crippen LogP contribution in [0.5, 0.6) is 0 Å². The van der Waals surface area contributed by atoms with E-state index in [1.807, 2.05) is 0 Å². The van der Waals surface area contributed by atoms with Gasteiger partial charge < -0.3 is 9.74 Å². The lowest BCUT2D eigenvalue weighted by molar-refractivity contribution is 0.197. The van der Waals surface area contributed by atoms with Gasteiger partial charge in [-0.2, -0.15) is 0 Å². The van der Waals surface area contributed by atoms with Crippen molar-refractivity contribution in [3.05, 3.63) is 0 Å². The largest absolute Gasteiger partial charge is 0.398 e. The standard InChI is InChI=1S/C11H16N2O/c1-3-10(12-14-2)11-5-4-7-13(9-11)8-6-11/h1H,4-9H2,2H3. The van der Waals surface area contributed by atoms with Gasteiger partial charge in [0.25, 0.3) is 0 Å². The third kappa shape index (κ3) is 1.40. The van der Waals surface area contributed by atoms with Crippen LogP contribution in [0.3, 0.4) is 0 Å². The van der Waals surface area contributed by atoms with Crippen molar-refractivity contribution in [2.75, 3.05) is 26.7 Å². The average Bonchev–Trinajstić information content (AvgIpc) is 2.51. The van der Waals surface area contributed by atoms with Crippen LogP contribution >= 0.6 is 0 Å². The molecule has 0 amide bonds. The Morgan fingerprint density at radius 2 is 2.36 bits per heavy atom. The second kappa shape index (κ2) is 3.62. The third-order valence-electron chi connectivity index (χ3n) is 3.38. The molecule has 2 atom stereocenters. The fourth-order valence-corrected chi connectivity index (χ4v) is 2.67. The lowest BCUT2D eigenvalue weighted by atomic mass is 9.77. The predicted octanol–water partition coefficient (Wildman–Crippen LogP) is 1.11. The number of nitrogens with zero attached hydrogens (tertiary/aromatic N) is 2. The zero-order chi connectivity index (χ0) is 10.0. The first kappa shape index (κ1) is 9.54. The zero-order valence-corrected chi connectivity index (χ0v) is 8.62. The maximum absolute atomic E-state index is 5.49. The van der Waals surface area contributed by atoms with Crippen LogP contribution < -0.4 is 0 Å². The highest BCUT2D eigenvalue weighted by molar-refractivity contribution is 6.04. The number of piperidine rings is 1. The maximum atomic E-state index is 5.49. The number of hydrogen-bond donors (Lipinski definition) is 0. The van der Waals surface area contributed by atoms with E-state index < -0.39 is 0 Å². The van der Waals surface area contributed by atoms with Gasteiger partial charge in [0.1, 0.15) is 12.8 Å². The van der Waals surface area contributed by atoms with Gasteiger partial charge in [-0.15, -0.1) is 6.42 Å². The van der Waals surface area contributed by atoms with Crippen molar-refractivity contribution in [2.45, 2.75) is 19.3 Å². The van der Waals surface area contributed by atoms with E-state index in [-0.39, 0.29) is 5.41 Å². The summed E-state index contributed by atoms with van der Waals surface area (Å²) in [6.45, 7) is 3.44. The Morgan fingerprint density at radius 3 is 3.07 bits per heavy atom. The Kier molecular flexibility index (Phi) is 2.47. The second-order valence-corrected chi connectivity index (χ2v) is 4.18. The molecule has 14 heavy (non-hydrogen) atoms. The predicted molar refractivity (Wildman–Crippen MR) is 56.0 cm³/mol. The Bertz CT molecular complexity index is 288. The molecule has 2 heterocycles. The molecular weight excluding hydrogens is 176 g/mol. The number of fused-ring (bicyclic) bond motifs is 2. The SMILES string of the molecule is C#CC(=NOC)C12CCCN(CC1)C2. The summed E-state index contributed by atoms with van der Waals surface area (Å²) in [6.07, 6.45) is 9.02.